The van der Waals surface area contributed by atoms with Gasteiger partial charge in [-0.1, -0.05) is 52.2 Å². The van der Waals surface area contributed by atoms with Gasteiger partial charge < -0.3 is 10.5 Å². The first-order valence-electron chi connectivity index (χ1n) is 8.38. The number of nitrogens with two attached hydrogens (primary N) is 1. The van der Waals surface area contributed by atoms with E-state index < -0.39 is 0 Å². The summed E-state index contributed by atoms with van der Waals surface area (Å²) < 4.78 is 5.67. The van der Waals surface area contributed by atoms with E-state index in [4.69, 9.17) is 10.5 Å². The Bertz CT molecular complexity index is 472. The van der Waals surface area contributed by atoms with Gasteiger partial charge in [-0.2, -0.15) is 0 Å². The van der Waals surface area contributed by atoms with Gasteiger partial charge in [-0.25, -0.2) is 0 Å². The van der Waals surface area contributed by atoms with Crippen LogP contribution in [0.5, 0.6) is 5.75 Å². The summed E-state index contributed by atoms with van der Waals surface area (Å²) >= 11 is 0. The highest BCUT2D eigenvalue weighted by Gasteiger charge is 2.36. The van der Waals surface area contributed by atoms with Crippen LogP contribution < -0.4 is 10.5 Å². The standard InChI is InChI=1S/C19H31NO/c1-5-18(2,3)15-9-10-17(21-4)16(13-15)19(14-20)11-7-6-8-12-19/h9-10,13H,5-8,11-12,14,20H2,1-4H3. The van der Waals surface area contributed by atoms with E-state index in [0.29, 0.717) is 0 Å². The quantitative estimate of drug-likeness (QED) is 0.863. The molecule has 0 spiro atoms. The second-order valence-electron chi connectivity index (χ2n) is 7.20. The SMILES string of the molecule is CCC(C)(C)c1ccc(OC)c(C2(CN)CCCCC2)c1. The molecule has 1 aliphatic carbocycles. The molecule has 2 nitrogen and oxygen atoms in total. The molecule has 0 bridgehead atoms. The fourth-order valence-corrected chi connectivity index (χ4v) is 3.56. The first kappa shape index (κ1) is 16.4. The summed E-state index contributed by atoms with van der Waals surface area (Å²) in [6.07, 6.45) is 7.41. The molecule has 1 saturated carbocycles. The zero-order chi connectivity index (χ0) is 15.5. The maximum absolute atomic E-state index is 6.23. The van der Waals surface area contributed by atoms with E-state index >= 15 is 0 Å². The zero-order valence-corrected chi connectivity index (χ0v) is 14.2. The molecule has 0 saturated heterocycles. The van der Waals surface area contributed by atoms with Crippen molar-refractivity contribution in [2.75, 3.05) is 13.7 Å². The fourth-order valence-electron chi connectivity index (χ4n) is 3.56. The summed E-state index contributed by atoms with van der Waals surface area (Å²) in [5.41, 5.74) is 9.29. The minimum absolute atomic E-state index is 0.115. The highest BCUT2D eigenvalue weighted by molar-refractivity contribution is 5.45. The third kappa shape index (κ3) is 3.11. The molecule has 2 heteroatoms. The molecule has 1 fully saturated rings. The molecular weight excluding hydrogens is 258 g/mol. The highest BCUT2D eigenvalue weighted by atomic mass is 16.5. The zero-order valence-electron chi connectivity index (χ0n) is 14.2. The van der Waals surface area contributed by atoms with Gasteiger partial charge in [0.25, 0.3) is 0 Å². The predicted octanol–water partition coefficient (Wildman–Crippen LogP) is 4.54. The van der Waals surface area contributed by atoms with Crippen LogP contribution in [-0.2, 0) is 10.8 Å². The Morgan fingerprint density at radius 2 is 1.86 bits per heavy atom. The van der Waals surface area contributed by atoms with Crippen molar-refractivity contribution >= 4 is 0 Å². The third-order valence-electron chi connectivity index (χ3n) is 5.64. The van der Waals surface area contributed by atoms with Gasteiger partial charge in [0.2, 0.25) is 0 Å². The van der Waals surface area contributed by atoms with Gasteiger partial charge in [0.1, 0.15) is 5.75 Å². The van der Waals surface area contributed by atoms with Gasteiger partial charge in [0.15, 0.2) is 0 Å². The van der Waals surface area contributed by atoms with Crippen LogP contribution in [0, 0.1) is 0 Å². The molecule has 1 aliphatic rings. The van der Waals surface area contributed by atoms with E-state index in [2.05, 4.69) is 39.0 Å². The van der Waals surface area contributed by atoms with E-state index in [9.17, 15) is 0 Å². The second-order valence-corrected chi connectivity index (χ2v) is 7.20. The number of benzene rings is 1. The van der Waals surface area contributed by atoms with Crippen molar-refractivity contribution in [3.63, 3.8) is 0 Å². The Labute approximate surface area is 130 Å². The molecule has 0 atom stereocenters. The van der Waals surface area contributed by atoms with Gasteiger partial charge in [0.05, 0.1) is 7.11 Å². The molecule has 0 aliphatic heterocycles. The summed E-state index contributed by atoms with van der Waals surface area (Å²) in [6, 6.07) is 6.74. The third-order valence-corrected chi connectivity index (χ3v) is 5.64. The molecular formula is C19H31NO. The molecule has 0 unspecified atom stereocenters. The van der Waals surface area contributed by atoms with Crippen LogP contribution in [0.2, 0.25) is 0 Å². The van der Waals surface area contributed by atoms with Crippen LogP contribution in [0.25, 0.3) is 0 Å². The van der Waals surface area contributed by atoms with E-state index in [0.717, 1.165) is 18.7 Å². The topological polar surface area (TPSA) is 35.2 Å². The maximum Gasteiger partial charge on any atom is 0.122 e. The Balaban J connectivity index is 2.51. The first-order valence-corrected chi connectivity index (χ1v) is 8.38. The van der Waals surface area contributed by atoms with Crippen LogP contribution in [0.15, 0.2) is 18.2 Å². The molecule has 2 N–H and O–H groups in total. The number of hydrogen-bond acceptors (Lipinski definition) is 2. The lowest BCUT2D eigenvalue weighted by Gasteiger charge is -2.38. The molecule has 0 amide bonds. The van der Waals surface area contributed by atoms with Gasteiger partial charge in [0, 0.05) is 17.5 Å². The van der Waals surface area contributed by atoms with Gasteiger partial charge in [-0.3, -0.25) is 0 Å². The Kier molecular flexibility index (Phi) is 4.98. The lowest BCUT2D eigenvalue weighted by atomic mass is 9.68. The lowest BCUT2D eigenvalue weighted by Crippen LogP contribution is -2.37. The van der Waals surface area contributed by atoms with Crippen molar-refractivity contribution < 1.29 is 4.74 Å². The first-order chi connectivity index (χ1) is 9.99. The minimum Gasteiger partial charge on any atom is -0.496 e. The Morgan fingerprint density at radius 1 is 1.19 bits per heavy atom. The average molecular weight is 289 g/mol. The van der Waals surface area contributed by atoms with Crippen molar-refractivity contribution in [3.8, 4) is 5.75 Å². The molecule has 0 heterocycles. The number of ether oxygens (including phenoxy) is 1. The molecule has 0 aromatic heterocycles. The van der Waals surface area contributed by atoms with Gasteiger partial charge in [-0.15, -0.1) is 0 Å². The van der Waals surface area contributed by atoms with Crippen molar-refractivity contribution in [3.05, 3.63) is 29.3 Å². The second kappa shape index (κ2) is 6.39. The summed E-state index contributed by atoms with van der Waals surface area (Å²) in [6.45, 7) is 7.60. The van der Waals surface area contributed by atoms with Crippen molar-refractivity contribution in [1.29, 1.82) is 0 Å². The van der Waals surface area contributed by atoms with Crippen LogP contribution in [0.1, 0.15) is 70.4 Å². The van der Waals surface area contributed by atoms with E-state index in [1.54, 1.807) is 7.11 Å². The molecule has 0 radical (unpaired) electrons. The van der Waals surface area contributed by atoms with E-state index in [1.807, 2.05) is 0 Å². The maximum atomic E-state index is 6.23. The highest BCUT2D eigenvalue weighted by Crippen LogP contribution is 2.44. The van der Waals surface area contributed by atoms with Crippen molar-refractivity contribution in [1.82, 2.24) is 0 Å². The van der Waals surface area contributed by atoms with Crippen LogP contribution in [-0.4, -0.2) is 13.7 Å². The Hall–Kier alpha value is -1.02. The molecule has 118 valence electrons. The monoisotopic (exact) mass is 289 g/mol. The lowest BCUT2D eigenvalue weighted by molar-refractivity contribution is 0.287. The van der Waals surface area contributed by atoms with Crippen molar-refractivity contribution in [2.45, 2.75) is 70.1 Å². The van der Waals surface area contributed by atoms with Crippen LogP contribution in [0.4, 0.5) is 0 Å². The van der Waals surface area contributed by atoms with E-state index in [-0.39, 0.29) is 10.8 Å². The van der Waals surface area contributed by atoms with Crippen LogP contribution in [0.3, 0.4) is 0 Å². The number of rotatable bonds is 5. The van der Waals surface area contributed by atoms with E-state index in [1.165, 1.54) is 43.2 Å². The van der Waals surface area contributed by atoms with Gasteiger partial charge >= 0.3 is 0 Å². The molecule has 1 aromatic rings. The summed E-state index contributed by atoms with van der Waals surface area (Å²) in [5.74, 6) is 1.01. The van der Waals surface area contributed by atoms with Gasteiger partial charge in [-0.05, 0) is 36.3 Å². The Morgan fingerprint density at radius 3 is 2.38 bits per heavy atom. The summed E-state index contributed by atoms with van der Waals surface area (Å²) in [7, 11) is 1.77. The average Bonchev–Trinajstić information content (AvgIpc) is 2.54. The summed E-state index contributed by atoms with van der Waals surface area (Å²) in [4.78, 5) is 0. The smallest absolute Gasteiger partial charge is 0.122 e. The van der Waals surface area contributed by atoms with Crippen LogP contribution >= 0.6 is 0 Å². The predicted molar refractivity (Wildman–Crippen MR) is 90.1 cm³/mol. The normalized spacial score (nSPS) is 18.5. The molecule has 2 rings (SSSR count). The minimum atomic E-state index is 0.115. The molecule has 1 aromatic carbocycles. The fraction of sp³-hybridized carbons (Fsp3) is 0.684. The molecule has 21 heavy (non-hydrogen) atoms. The summed E-state index contributed by atoms with van der Waals surface area (Å²) in [5, 5.41) is 0. The number of hydrogen-bond donors (Lipinski definition) is 1. The van der Waals surface area contributed by atoms with Crippen molar-refractivity contribution in [2.24, 2.45) is 5.73 Å². The largest absolute Gasteiger partial charge is 0.496 e. The number of methoxy groups -OCH3 is 1.